The highest BCUT2D eigenvalue weighted by molar-refractivity contribution is 5.37. The van der Waals surface area contributed by atoms with E-state index in [1.807, 2.05) is 24.6 Å². The SMILES string of the molecule is Cc1cc(C)n(-c2cncc(NC(C)CCC3CC3)n2)n1. The monoisotopic (exact) mass is 285 g/mol. The van der Waals surface area contributed by atoms with E-state index in [1.165, 1.54) is 25.7 Å². The molecule has 3 rings (SSSR count). The number of aryl methyl sites for hydroxylation is 2. The van der Waals surface area contributed by atoms with Gasteiger partial charge in [0.05, 0.1) is 18.1 Å². The molecule has 112 valence electrons. The van der Waals surface area contributed by atoms with E-state index in [2.05, 4.69) is 27.3 Å². The zero-order valence-electron chi connectivity index (χ0n) is 13.0. The molecule has 1 fully saturated rings. The summed E-state index contributed by atoms with van der Waals surface area (Å²) in [4.78, 5) is 8.91. The van der Waals surface area contributed by atoms with Crippen LogP contribution in [-0.4, -0.2) is 25.8 Å². The molecular formula is C16H23N5. The summed E-state index contributed by atoms with van der Waals surface area (Å²) in [6.45, 7) is 6.22. The third kappa shape index (κ3) is 3.60. The van der Waals surface area contributed by atoms with Crippen molar-refractivity contribution in [2.24, 2.45) is 5.92 Å². The fraction of sp³-hybridized carbons (Fsp3) is 0.562. The van der Waals surface area contributed by atoms with Crippen molar-refractivity contribution in [3.63, 3.8) is 0 Å². The van der Waals surface area contributed by atoms with E-state index in [9.17, 15) is 0 Å². The summed E-state index contributed by atoms with van der Waals surface area (Å²) in [6, 6.07) is 2.47. The number of anilines is 1. The number of aromatic nitrogens is 4. The van der Waals surface area contributed by atoms with Gasteiger partial charge in [0.2, 0.25) is 0 Å². The van der Waals surface area contributed by atoms with Crippen LogP contribution in [0.25, 0.3) is 5.82 Å². The third-order valence-corrected chi connectivity index (χ3v) is 3.95. The quantitative estimate of drug-likeness (QED) is 0.885. The molecule has 1 unspecified atom stereocenters. The van der Waals surface area contributed by atoms with Gasteiger partial charge in [-0.2, -0.15) is 5.10 Å². The second-order valence-corrected chi connectivity index (χ2v) is 6.17. The molecule has 0 radical (unpaired) electrons. The molecule has 1 atom stereocenters. The van der Waals surface area contributed by atoms with Gasteiger partial charge in [0.1, 0.15) is 5.82 Å². The molecule has 1 saturated carbocycles. The number of nitrogens with one attached hydrogen (secondary N) is 1. The maximum absolute atomic E-state index is 4.63. The Morgan fingerprint density at radius 1 is 1.33 bits per heavy atom. The second kappa shape index (κ2) is 5.84. The Labute approximate surface area is 125 Å². The van der Waals surface area contributed by atoms with Crippen LogP contribution >= 0.6 is 0 Å². The van der Waals surface area contributed by atoms with Crippen molar-refractivity contribution in [2.75, 3.05) is 5.32 Å². The molecule has 2 aromatic heterocycles. The van der Waals surface area contributed by atoms with Crippen molar-refractivity contribution in [3.05, 3.63) is 29.8 Å². The van der Waals surface area contributed by atoms with E-state index >= 15 is 0 Å². The van der Waals surface area contributed by atoms with Gasteiger partial charge in [0.15, 0.2) is 5.82 Å². The summed E-state index contributed by atoms with van der Waals surface area (Å²) in [7, 11) is 0. The molecule has 0 amide bonds. The highest BCUT2D eigenvalue weighted by Crippen LogP contribution is 2.34. The lowest BCUT2D eigenvalue weighted by Crippen LogP contribution is -2.17. The summed E-state index contributed by atoms with van der Waals surface area (Å²) >= 11 is 0. The average Bonchev–Trinajstić information content (AvgIpc) is 3.21. The minimum Gasteiger partial charge on any atom is -0.366 e. The Hall–Kier alpha value is -1.91. The van der Waals surface area contributed by atoms with Crippen LogP contribution in [0.15, 0.2) is 18.5 Å². The highest BCUT2D eigenvalue weighted by atomic mass is 15.3. The molecule has 21 heavy (non-hydrogen) atoms. The molecule has 1 N–H and O–H groups in total. The first-order chi connectivity index (χ1) is 10.1. The van der Waals surface area contributed by atoms with E-state index in [0.717, 1.165) is 28.9 Å². The van der Waals surface area contributed by atoms with E-state index in [4.69, 9.17) is 0 Å². The second-order valence-electron chi connectivity index (χ2n) is 6.17. The Bertz CT molecular complexity index is 615. The zero-order chi connectivity index (χ0) is 14.8. The fourth-order valence-corrected chi connectivity index (χ4v) is 2.60. The normalized spacial score (nSPS) is 16.0. The zero-order valence-corrected chi connectivity index (χ0v) is 13.0. The van der Waals surface area contributed by atoms with Crippen molar-refractivity contribution in [2.45, 2.75) is 52.5 Å². The maximum Gasteiger partial charge on any atom is 0.174 e. The van der Waals surface area contributed by atoms with Crippen LogP contribution in [-0.2, 0) is 0 Å². The van der Waals surface area contributed by atoms with Crippen molar-refractivity contribution >= 4 is 5.82 Å². The highest BCUT2D eigenvalue weighted by Gasteiger charge is 2.21. The summed E-state index contributed by atoms with van der Waals surface area (Å²) < 4.78 is 1.84. The smallest absolute Gasteiger partial charge is 0.174 e. The van der Waals surface area contributed by atoms with Crippen molar-refractivity contribution < 1.29 is 0 Å². The molecule has 0 bridgehead atoms. The van der Waals surface area contributed by atoms with Gasteiger partial charge in [-0.05, 0) is 45.6 Å². The Morgan fingerprint density at radius 2 is 2.14 bits per heavy atom. The van der Waals surface area contributed by atoms with Gasteiger partial charge in [-0.1, -0.05) is 12.8 Å². The van der Waals surface area contributed by atoms with E-state index in [-0.39, 0.29) is 0 Å². The van der Waals surface area contributed by atoms with Crippen LogP contribution in [0.4, 0.5) is 5.82 Å². The van der Waals surface area contributed by atoms with Crippen molar-refractivity contribution in [1.29, 1.82) is 0 Å². The Balaban J connectivity index is 1.68. The van der Waals surface area contributed by atoms with Crippen LogP contribution in [0.2, 0.25) is 0 Å². The Kier molecular flexibility index (Phi) is 3.90. The van der Waals surface area contributed by atoms with Gasteiger partial charge in [-0.25, -0.2) is 9.67 Å². The number of nitrogens with zero attached hydrogens (tertiary/aromatic N) is 4. The molecule has 1 aliphatic carbocycles. The molecule has 0 aliphatic heterocycles. The maximum atomic E-state index is 4.63. The number of rotatable bonds is 6. The lowest BCUT2D eigenvalue weighted by Gasteiger charge is -2.14. The molecule has 2 heterocycles. The predicted molar refractivity (Wildman–Crippen MR) is 83.7 cm³/mol. The van der Waals surface area contributed by atoms with Gasteiger partial charge in [0.25, 0.3) is 0 Å². The van der Waals surface area contributed by atoms with E-state index in [0.29, 0.717) is 6.04 Å². The summed E-state index contributed by atoms with van der Waals surface area (Å²) in [6.07, 6.45) is 8.87. The molecule has 0 aromatic carbocycles. The average molecular weight is 285 g/mol. The van der Waals surface area contributed by atoms with Gasteiger partial charge in [0, 0.05) is 11.7 Å². The van der Waals surface area contributed by atoms with Gasteiger partial charge < -0.3 is 5.32 Å². The summed E-state index contributed by atoms with van der Waals surface area (Å²) in [5.41, 5.74) is 2.06. The molecule has 2 aromatic rings. The van der Waals surface area contributed by atoms with E-state index < -0.39 is 0 Å². The van der Waals surface area contributed by atoms with Crippen LogP contribution in [0, 0.1) is 19.8 Å². The third-order valence-electron chi connectivity index (χ3n) is 3.95. The summed E-state index contributed by atoms with van der Waals surface area (Å²) in [5.74, 6) is 2.56. The van der Waals surface area contributed by atoms with Crippen LogP contribution in [0.3, 0.4) is 0 Å². The number of hydrogen-bond donors (Lipinski definition) is 1. The summed E-state index contributed by atoms with van der Waals surface area (Å²) in [5, 5.41) is 7.90. The standard InChI is InChI=1S/C16H23N5/c1-11(4-5-14-6-7-14)18-15-9-17-10-16(19-15)21-13(3)8-12(2)20-21/h8-11,14H,4-7H2,1-3H3,(H,18,19). The van der Waals surface area contributed by atoms with Crippen molar-refractivity contribution in [1.82, 2.24) is 19.7 Å². The molecule has 0 spiro atoms. The molecule has 0 saturated heterocycles. The molecule has 5 heteroatoms. The molecular weight excluding hydrogens is 262 g/mol. The minimum absolute atomic E-state index is 0.426. The first-order valence-electron chi connectivity index (χ1n) is 7.74. The van der Waals surface area contributed by atoms with Gasteiger partial charge >= 0.3 is 0 Å². The molecule has 5 nitrogen and oxygen atoms in total. The largest absolute Gasteiger partial charge is 0.366 e. The minimum atomic E-state index is 0.426. The van der Waals surface area contributed by atoms with Gasteiger partial charge in [-0.3, -0.25) is 4.98 Å². The molecule has 1 aliphatic rings. The van der Waals surface area contributed by atoms with Crippen molar-refractivity contribution in [3.8, 4) is 5.82 Å². The fourth-order valence-electron chi connectivity index (χ4n) is 2.60. The lowest BCUT2D eigenvalue weighted by atomic mass is 10.1. The first-order valence-corrected chi connectivity index (χ1v) is 7.74. The Morgan fingerprint density at radius 3 is 2.81 bits per heavy atom. The van der Waals surface area contributed by atoms with Crippen LogP contribution in [0.1, 0.15) is 44.0 Å². The number of hydrogen-bond acceptors (Lipinski definition) is 4. The predicted octanol–water partition coefficient (Wildman–Crippen LogP) is 3.27. The first kappa shape index (κ1) is 14.0. The van der Waals surface area contributed by atoms with E-state index in [1.54, 1.807) is 12.4 Å². The topological polar surface area (TPSA) is 55.6 Å². The van der Waals surface area contributed by atoms with Crippen LogP contribution in [0.5, 0.6) is 0 Å². The lowest BCUT2D eigenvalue weighted by molar-refractivity contribution is 0.608. The van der Waals surface area contributed by atoms with Crippen LogP contribution < -0.4 is 5.32 Å². The van der Waals surface area contributed by atoms with Gasteiger partial charge in [-0.15, -0.1) is 0 Å².